The van der Waals surface area contributed by atoms with Crippen LogP contribution < -0.4 is 10.5 Å². The fourth-order valence-corrected chi connectivity index (χ4v) is 1.58. The molecule has 0 saturated carbocycles. The van der Waals surface area contributed by atoms with Gasteiger partial charge >= 0.3 is 0 Å². The molecule has 0 atom stereocenters. The maximum absolute atomic E-state index is 5.78. The van der Waals surface area contributed by atoms with Crippen LogP contribution >= 0.6 is 0 Å². The van der Waals surface area contributed by atoms with E-state index in [4.69, 9.17) is 15.2 Å². The van der Waals surface area contributed by atoms with Gasteiger partial charge in [-0.2, -0.15) is 0 Å². The molecule has 0 aromatic heterocycles. The van der Waals surface area contributed by atoms with Crippen molar-refractivity contribution in [2.75, 3.05) is 12.8 Å². The van der Waals surface area contributed by atoms with Crippen LogP contribution in [0.5, 0.6) is 11.5 Å². The minimum Gasteiger partial charge on any atom is -0.457 e. The first-order valence-corrected chi connectivity index (χ1v) is 5.40. The Kier molecular flexibility index (Phi) is 3.62. The zero-order valence-electron chi connectivity index (χ0n) is 9.72. The van der Waals surface area contributed by atoms with Crippen LogP contribution in [0.4, 0.5) is 5.69 Å². The van der Waals surface area contributed by atoms with Crippen molar-refractivity contribution >= 4 is 5.69 Å². The average molecular weight is 229 g/mol. The van der Waals surface area contributed by atoms with Gasteiger partial charge in [0.25, 0.3) is 0 Å². The standard InChI is InChI=1S/C14H15NO2/c1-16-10-11-9-12(15)7-8-14(11)17-13-5-3-2-4-6-13/h2-9H,10,15H2,1H3. The minimum atomic E-state index is 0.479. The van der Waals surface area contributed by atoms with Crippen LogP contribution in [-0.4, -0.2) is 7.11 Å². The third-order valence-electron chi connectivity index (χ3n) is 2.36. The highest BCUT2D eigenvalue weighted by molar-refractivity contribution is 5.48. The van der Waals surface area contributed by atoms with Crippen molar-refractivity contribution in [3.8, 4) is 11.5 Å². The van der Waals surface area contributed by atoms with Crippen LogP contribution in [-0.2, 0) is 11.3 Å². The molecule has 3 nitrogen and oxygen atoms in total. The Morgan fingerprint density at radius 1 is 1.06 bits per heavy atom. The Hall–Kier alpha value is -2.00. The molecule has 0 aliphatic rings. The number of rotatable bonds is 4. The Balaban J connectivity index is 2.26. The first-order valence-electron chi connectivity index (χ1n) is 5.40. The second kappa shape index (κ2) is 5.37. The fraction of sp³-hybridized carbons (Fsp3) is 0.143. The van der Waals surface area contributed by atoms with E-state index in [1.165, 1.54) is 0 Å². The van der Waals surface area contributed by atoms with Gasteiger partial charge in [-0.25, -0.2) is 0 Å². The number of methoxy groups -OCH3 is 1. The van der Waals surface area contributed by atoms with Crippen LogP contribution in [0.25, 0.3) is 0 Å². The first kappa shape index (κ1) is 11.5. The van der Waals surface area contributed by atoms with E-state index in [1.54, 1.807) is 7.11 Å². The molecule has 0 aliphatic heterocycles. The summed E-state index contributed by atoms with van der Waals surface area (Å²) in [6, 6.07) is 15.2. The Labute approximate surface area is 101 Å². The van der Waals surface area contributed by atoms with Crippen molar-refractivity contribution < 1.29 is 9.47 Å². The Bertz CT molecular complexity index is 483. The van der Waals surface area contributed by atoms with E-state index >= 15 is 0 Å². The largest absolute Gasteiger partial charge is 0.457 e. The lowest BCUT2D eigenvalue weighted by Gasteiger charge is -2.11. The summed E-state index contributed by atoms with van der Waals surface area (Å²) >= 11 is 0. The van der Waals surface area contributed by atoms with Gasteiger partial charge in [-0.05, 0) is 30.3 Å². The van der Waals surface area contributed by atoms with Crippen molar-refractivity contribution in [2.45, 2.75) is 6.61 Å². The number of ether oxygens (including phenoxy) is 2. The molecule has 0 spiro atoms. The molecule has 0 saturated heterocycles. The van der Waals surface area contributed by atoms with E-state index < -0.39 is 0 Å². The highest BCUT2D eigenvalue weighted by Crippen LogP contribution is 2.27. The van der Waals surface area contributed by atoms with Crippen LogP contribution in [0.15, 0.2) is 48.5 Å². The molecule has 2 aromatic carbocycles. The number of anilines is 1. The maximum atomic E-state index is 5.78. The smallest absolute Gasteiger partial charge is 0.133 e. The van der Waals surface area contributed by atoms with Crippen molar-refractivity contribution in [1.82, 2.24) is 0 Å². The van der Waals surface area contributed by atoms with Crippen LogP contribution in [0.1, 0.15) is 5.56 Å². The predicted octanol–water partition coefficient (Wildman–Crippen LogP) is 3.21. The summed E-state index contributed by atoms with van der Waals surface area (Å²) < 4.78 is 10.9. The summed E-state index contributed by atoms with van der Waals surface area (Å²) in [5.41, 5.74) is 7.39. The highest BCUT2D eigenvalue weighted by Gasteiger charge is 2.05. The van der Waals surface area contributed by atoms with Crippen LogP contribution in [0.2, 0.25) is 0 Å². The molecular formula is C14H15NO2. The van der Waals surface area contributed by atoms with Gasteiger partial charge in [-0.1, -0.05) is 18.2 Å². The second-order valence-corrected chi connectivity index (χ2v) is 3.72. The molecule has 0 fully saturated rings. The lowest BCUT2D eigenvalue weighted by Crippen LogP contribution is -1.95. The summed E-state index contributed by atoms with van der Waals surface area (Å²) in [6.07, 6.45) is 0. The van der Waals surface area contributed by atoms with Crippen molar-refractivity contribution in [3.05, 3.63) is 54.1 Å². The van der Waals surface area contributed by atoms with Crippen molar-refractivity contribution in [1.29, 1.82) is 0 Å². The molecule has 17 heavy (non-hydrogen) atoms. The molecule has 0 aliphatic carbocycles. The molecule has 0 amide bonds. The number of hydrogen-bond donors (Lipinski definition) is 1. The highest BCUT2D eigenvalue weighted by atomic mass is 16.5. The number of para-hydroxylation sites is 1. The number of benzene rings is 2. The minimum absolute atomic E-state index is 0.479. The summed E-state index contributed by atoms with van der Waals surface area (Å²) in [7, 11) is 1.65. The maximum Gasteiger partial charge on any atom is 0.133 e. The van der Waals surface area contributed by atoms with Gasteiger partial charge in [-0.15, -0.1) is 0 Å². The van der Waals surface area contributed by atoms with Gasteiger partial charge in [-0.3, -0.25) is 0 Å². The zero-order valence-corrected chi connectivity index (χ0v) is 9.72. The summed E-state index contributed by atoms with van der Waals surface area (Å²) in [4.78, 5) is 0. The number of hydrogen-bond acceptors (Lipinski definition) is 3. The molecule has 0 unspecified atom stereocenters. The van der Waals surface area contributed by atoms with Gasteiger partial charge in [0, 0.05) is 18.4 Å². The third kappa shape index (κ3) is 2.98. The van der Waals surface area contributed by atoms with Crippen LogP contribution in [0, 0.1) is 0 Å². The van der Waals surface area contributed by atoms with E-state index in [9.17, 15) is 0 Å². The molecule has 2 N–H and O–H groups in total. The lowest BCUT2D eigenvalue weighted by molar-refractivity contribution is 0.182. The molecule has 2 rings (SSSR count). The van der Waals surface area contributed by atoms with Gasteiger partial charge in [0.1, 0.15) is 11.5 Å². The number of nitrogen functional groups attached to an aromatic ring is 1. The molecule has 3 heteroatoms. The molecular weight excluding hydrogens is 214 g/mol. The van der Waals surface area contributed by atoms with Gasteiger partial charge in [0.2, 0.25) is 0 Å². The third-order valence-corrected chi connectivity index (χ3v) is 2.36. The van der Waals surface area contributed by atoms with Gasteiger partial charge < -0.3 is 15.2 Å². The Morgan fingerprint density at radius 2 is 1.82 bits per heavy atom. The SMILES string of the molecule is COCc1cc(N)ccc1Oc1ccccc1. The molecule has 0 bridgehead atoms. The van der Waals surface area contributed by atoms with E-state index in [0.29, 0.717) is 12.3 Å². The van der Waals surface area contributed by atoms with Gasteiger partial charge in [0.05, 0.1) is 6.61 Å². The topological polar surface area (TPSA) is 44.5 Å². The van der Waals surface area contributed by atoms with E-state index in [2.05, 4.69) is 0 Å². The van der Waals surface area contributed by atoms with E-state index in [1.807, 2.05) is 48.5 Å². The average Bonchev–Trinajstić information content (AvgIpc) is 2.34. The zero-order chi connectivity index (χ0) is 12.1. The monoisotopic (exact) mass is 229 g/mol. The molecule has 0 heterocycles. The fourth-order valence-electron chi connectivity index (χ4n) is 1.58. The normalized spacial score (nSPS) is 10.2. The summed E-state index contributed by atoms with van der Waals surface area (Å²) in [5.74, 6) is 1.57. The molecule has 0 radical (unpaired) electrons. The van der Waals surface area contributed by atoms with E-state index in [0.717, 1.165) is 17.1 Å². The van der Waals surface area contributed by atoms with Crippen LogP contribution in [0.3, 0.4) is 0 Å². The molecule has 2 aromatic rings. The quantitative estimate of drug-likeness (QED) is 0.819. The van der Waals surface area contributed by atoms with Gasteiger partial charge in [0.15, 0.2) is 0 Å². The lowest BCUT2D eigenvalue weighted by atomic mass is 10.2. The Morgan fingerprint density at radius 3 is 2.53 bits per heavy atom. The number of nitrogens with two attached hydrogens (primary N) is 1. The first-order chi connectivity index (χ1) is 8.29. The van der Waals surface area contributed by atoms with Crippen molar-refractivity contribution in [3.63, 3.8) is 0 Å². The summed E-state index contributed by atoms with van der Waals surface area (Å²) in [5, 5.41) is 0. The van der Waals surface area contributed by atoms with Crippen molar-refractivity contribution in [2.24, 2.45) is 0 Å². The van der Waals surface area contributed by atoms with E-state index in [-0.39, 0.29) is 0 Å². The molecule has 88 valence electrons. The summed E-state index contributed by atoms with van der Waals surface area (Å²) in [6.45, 7) is 0.479. The second-order valence-electron chi connectivity index (χ2n) is 3.72. The predicted molar refractivity (Wildman–Crippen MR) is 68.1 cm³/mol.